The summed E-state index contributed by atoms with van der Waals surface area (Å²) >= 11 is 0. The summed E-state index contributed by atoms with van der Waals surface area (Å²) in [7, 11) is 0. The van der Waals surface area contributed by atoms with E-state index in [1.165, 1.54) is 307 Å². The van der Waals surface area contributed by atoms with Crippen molar-refractivity contribution in [2.75, 3.05) is 0 Å². The molecule has 0 N–H and O–H groups in total. The fourth-order valence-electron chi connectivity index (χ4n) is 10.00. The van der Waals surface area contributed by atoms with Gasteiger partial charge in [-0.2, -0.15) is 0 Å². The first-order chi connectivity index (χ1) is 33.8. The first-order valence-electron chi connectivity index (χ1n) is 30.7. The summed E-state index contributed by atoms with van der Waals surface area (Å²) in [6, 6.07) is 19.1. The summed E-state index contributed by atoms with van der Waals surface area (Å²) < 4.78 is 0. The molecule has 3 heteroatoms. The number of aliphatic imine (C=N–C) groups is 2. The van der Waals surface area contributed by atoms with E-state index < -0.39 is 0 Å². The van der Waals surface area contributed by atoms with E-state index in [0.717, 1.165) is 23.5 Å². The van der Waals surface area contributed by atoms with Gasteiger partial charge >= 0.3 is 0 Å². The van der Waals surface area contributed by atoms with Crippen molar-refractivity contribution in [3.63, 3.8) is 0 Å². The van der Waals surface area contributed by atoms with E-state index >= 15 is 0 Å². The average Bonchev–Trinajstić information content (AvgIpc) is 3.36. The number of unbranched alkanes of at least 4 members (excludes halogenated alkanes) is 45. The molecule has 0 atom stereocenters. The molecular weight excluding hydrogens is 879 g/mol. The van der Waals surface area contributed by atoms with Gasteiger partial charge in [-0.25, -0.2) is 0 Å². The molecule has 0 aliphatic carbocycles. The van der Waals surface area contributed by atoms with Crippen molar-refractivity contribution >= 4 is 29.4 Å². The molecule has 0 aromatic heterocycles. The van der Waals surface area contributed by atoms with Crippen molar-refractivity contribution < 1.29 is 16.5 Å². The number of hydrogen-bond acceptors (Lipinski definition) is 2. The standard InChI is InChI=1S/C66H114N2.Ni/c1-3-5-7-9-11-13-15-17-19-21-23-25-26-27-28-29-30-31-32-34-36-38-40-42-44-46-48-51-57-66(62-67-64-55-52-49-53-56-64)68-65-60-58-63(59-61-65)54-50-47-45-43-41-39-37-35-33-24-22-20-18-16-14-12-10-8-6-4-2;/h49-50,52-56,58-62H,3-48,51,57H2,1-2H3;. The van der Waals surface area contributed by atoms with Crippen molar-refractivity contribution in [2.45, 2.75) is 322 Å². The Morgan fingerprint density at radius 3 is 0.971 bits per heavy atom. The van der Waals surface area contributed by atoms with Crippen LogP contribution in [0.3, 0.4) is 0 Å². The minimum absolute atomic E-state index is 0. The largest absolute Gasteiger partial charge is 0.255 e. The van der Waals surface area contributed by atoms with Crippen LogP contribution in [-0.2, 0) is 16.5 Å². The third-order valence-corrected chi connectivity index (χ3v) is 14.6. The third-order valence-electron chi connectivity index (χ3n) is 14.6. The summed E-state index contributed by atoms with van der Waals surface area (Å²) in [4.78, 5) is 9.87. The number of nitrogens with zero attached hydrogens (tertiary/aromatic N) is 2. The van der Waals surface area contributed by atoms with Crippen LogP contribution in [0.2, 0.25) is 0 Å². The van der Waals surface area contributed by atoms with Crippen LogP contribution >= 0.6 is 0 Å². The van der Waals surface area contributed by atoms with Gasteiger partial charge in [0.2, 0.25) is 0 Å². The Bertz CT molecular complexity index is 1380. The van der Waals surface area contributed by atoms with Crippen molar-refractivity contribution in [2.24, 2.45) is 9.98 Å². The fraction of sp³-hybridized carbons (Fsp3) is 0.758. The molecule has 0 aliphatic heterocycles. The summed E-state index contributed by atoms with van der Waals surface area (Å²) in [6.45, 7) is 4.62. The zero-order valence-corrected chi connectivity index (χ0v) is 47.1. The van der Waals surface area contributed by atoms with Crippen LogP contribution in [0.15, 0.2) is 70.7 Å². The van der Waals surface area contributed by atoms with Gasteiger partial charge in [0.1, 0.15) is 0 Å². The molecule has 69 heavy (non-hydrogen) atoms. The van der Waals surface area contributed by atoms with Crippen molar-refractivity contribution in [3.05, 3.63) is 66.2 Å². The van der Waals surface area contributed by atoms with Crippen LogP contribution in [0.4, 0.5) is 11.4 Å². The summed E-state index contributed by atoms with van der Waals surface area (Å²) in [5.74, 6) is 0. The minimum Gasteiger partial charge on any atom is -0.255 e. The predicted molar refractivity (Wildman–Crippen MR) is 310 cm³/mol. The average molecular weight is 994 g/mol. The number of allylic oxidation sites excluding steroid dienone is 1. The van der Waals surface area contributed by atoms with E-state index in [9.17, 15) is 0 Å². The quantitative estimate of drug-likeness (QED) is 0.0358. The Morgan fingerprint density at radius 1 is 0.333 bits per heavy atom. The molecule has 2 rings (SSSR count). The number of benzene rings is 2. The predicted octanol–water partition coefficient (Wildman–Crippen LogP) is 23.9. The van der Waals surface area contributed by atoms with Gasteiger partial charge in [-0.3, -0.25) is 9.98 Å². The summed E-state index contributed by atoms with van der Waals surface area (Å²) in [5, 5.41) is 0. The number of para-hydroxylation sites is 1. The Morgan fingerprint density at radius 2 is 0.638 bits per heavy atom. The monoisotopic (exact) mass is 993 g/mol. The van der Waals surface area contributed by atoms with Crippen molar-refractivity contribution in [1.82, 2.24) is 0 Å². The zero-order chi connectivity index (χ0) is 48.2. The molecule has 0 radical (unpaired) electrons. The summed E-state index contributed by atoms with van der Waals surface area (Å²) in [6.07, 6.45) is 74.7. The number of hydrogen-bond donors (Lipinski definition) is 0. The van der Waals surface area contributed by atoms with Gasteiger partial charge in [0.25, 0.3) is 0 Å². The van der Waals surface area contributed by atoms with Gasteiger partial charge in [-0.1, -0.05) is 339 Å². The molecule has 2 aromatic rings. The molecule has 0 bridgehead atoms. The first kappa shape index (κ1) is 65.0. The Labute approximate surface area is 441 Å². The molecule has 0 heterocycles. The minimum atomic E-state index is 0. The molecule has 0 saturated heterocycles. The maximum atomic E-state index is 5.08. The van der Waals surface area contributed by atoms with E-state index in [0.29, 0.717) is 0 Å². The normalized spacial score (nSPS) is 11.9. The maximum absolute atomic E-state index is 5.08. The molecule has 398 valence electrons. The molecule has 2 aromatic carbocycles. The second-order valence-corrected chi connectivity index (χ2v) is 21.3. The van der Waals surface area contributed by atoms with Crippen LogP contribution in [0.25, 0.3) is 6.08 Å². The molecule has 0 saturated carbocycles. The molecule has 0 aliphatic rings. The van der Waals surface area contributed by atoms with Gasteiger partial charge < -0.3 is 0 Å². The molecule has 0 fully saturated rings. The van der Waals surface area contributed by atoms with Crippen molar-refractivity contribution in [1.29, 1.82) is 0 Å². The van der Waals surface area contributed by atoms with Gasteiger partial charge in [-0.15, -0.1) is 0 Å². The topological polar surface area (TPSA) is 24.7 Å². The van der Waals surface area contributed by atoms with Crippen LogP contribution < -0.4 is 0 Å². The second-order valence-electron chi connectivity index (χ2n) is 21.3. The van der Waals surface area contributed by atoms with Crippen LogP contribution in [0.1, 0.15) is 328 Å². The van der Waals surface area contributed by atoms with Crippen LogP contribution in [0, 0.1) is 0 Å². The maximum Gasteiger partial charge on any atom is 0.0634 e. The SMILES string of the molecule is CCCCCCCCCCCCCCCCCCCCC=Cc1ccc(N=C(C=Nc2ccccc2)CCCCCCCCCCCCCCCCCCCCCCCCCCCCCC)cc1.[Ni]. The second kappa shape index (κ2) is 53.8. The smallest absolute Gasteiger partial charge is 0.0634 e. The molecule has 0 spiro atoms. The van der Waals surface area contributed by atoms with Gasteiger partial charge in [-0.05, 0) is 55.5 Å². The van der Waals surface area contributed by atoms with Crippen LogP contribution in [-0.4, -0.2) is 11.9 Å². The zero-order valence-electron chi connectivity index (χ0n) is 46.1. The Balaban J connectivity index is 0.0000238. The van der Waals surface area contributed by atoms with Gasteiger partial charge in [0.15, 0.2) is 0 Å². The summed E-state index contributed by atoms with van der Waals surface area (Å²) in [5.41, 5.74) is 4.37. The van der Waals surface area contributed by atoms with E-state index in [-0.39, 0.29) is 16.5 Å². The van der Waals surface area contributed by atoms with Crippen LogP contribution in [0.5, 0.6) is 0 Å². The fourth-order valence-corrected chi connectivity index (χ4v) is 10.00. The van der Waals surface area contributed by atoms with Crippen molar-refractivity contribution in [3.8, 4) is 0 Å². The van der Waals surface area contributed by atoms with Gasteiger partial charge in [0.05, 0.1) is 17.1 Å². The molecule has 0 unspecified atom stereocenters. The van der Waals surface area contributed by atoms with E-state index in [1.54, 1.807) is 0 Å². The van der Waals surface area contributed by atoms with E-state index in [1.807, 2.05) is 6.21 Å². The third kappa shape index (κ3) is 45.6. The Hall–Kier alpha value is -1.99. The number of rotatable bonds is 52. The molecule has 0 amide bonds. The van der Waals surface area contributed by atoms with Gasteiger partial charge in [0, 0.05) is 22.7 Å². The van der Waals surface area contributed by atoms with E-state index in [4.69, 9.17) is 9.98 Å². The van der Waals surface area contributed by atoms with E-state index in [2.05, 4.69) is 80.6 Å². The Kier molecular flexibility index (Phi) is 50.7. The molecule has 2 nitrogen and oxygen atoms in total. The molecular formula is C66H114N2Ni. The first-order valence-corrected chi connectivity index (χ1v) is 30.7.